The first-order valence-corrected chi connectivity index (χ1v) is 52.0. The van der Waals surface area contributed by atoms with Crippen LogP contribution in [0.5, 0.6) is 0 Å². The summed E-state index contributed by atoms with van der Waals surface area (Å²) >= 11 is 3.74. The minimum Gasteiger partial charge on any atom is -0.310 e. The van der Waals surface area contributed by atoms with Gasteiger partial charge in [-0.1, -0.05) is 354 Å². The molecule has 6 nitrogen and oxygen atoms in total. The first-order chi connectivity index (χ1) is 72.7. The molecular weight excluding hydrogens is 1820 g/mol. The number of hydrogen-bond donors (Lipinski definition) is 0. The van der Waals surface area contributed by atoms with Crippen molar-refractivity contribution in [3.8, 4) is 72.7 Å². The molecule has 1 aliphatic rings. The number of aromatic nitrogens is 3. The number of nitrogens with zero attached hydrogens (tertiary/aromatic N) is 6. The third kappa shape index (κ3) is 15.5. The molecular formula is C139H96N6S2. The average Bonchev–Trinajstić information content (AvgIpc) is 1.57. The van der Waals surface area contributed by atoms with E-state index >= 15 is 0 Å². The molecule has 0 saturated carbocycles. The van der Waals surface area contributed by atoms with E-state index in [0.29, 0.717) is 0 Å². The van der Waals surface area contributed by atoms with Crippen LogP contribution in [-0.2, 0) is 5.41 Å². The van der Waals surface area contributed by atoms with Gasteiger partial charge in [0, 0.05) is 146 Å². The van der Waals surface area contributed by atoms with Crippen molar-refractivity contribution >= 4 is 190 Å². The molecule has 0 atom stereocenters. The van der Waals surface area contributed by atoms with Gasteiger partial charge in [-0.15, -0.1) is 22.7 Å². The third-order valence-corrected chi connectivity index (χ3v) is 32.1. The van der Waals surface area contributed by atoms with Crippen molar-refractivity contribution in [2.75, 3.05) is 14.7 Å². The normalized spacial score (nSPS) is 12.1. The molecule has 5 heterocycles. The predicted octanol–water partition coefficient (Wildman–Crippen LogP) is 39.6. The van der Waals surface area contributed by atoms with Crippen LogP contribution in [0.4, 0.5) is 51.2 Å². The fraction of sp³-hybridized carbons (Fsp3) is 0.0216. The van der Waals surface area contributed by atoms with Crippen molar-refractivity contribution in [3.05, 3.63) is 557 Å². The number of para-hydroxylation sites is 8. The fourth-order valence-electron chi connectivity index (χ4n) is 22.9. The van der Waals surface area contributed by atoms with Gasteiger partial charge in [0.25, 0.3) is 0 Å². The lowest BCUT2D eigenvalue weighted by Crippen LogP contribution is -2.16. The molecule has 0 unspecified atom stereocenters. The lowest BCUT2D eigenvalue weighted by atomic mass is 9.82. The van der Waals surface area contributed by atoms with E-state index in [1.54, 1.807) is 0 Å². The van der Waals surface area contributed by atoms with Gasteiger partial charge in [0.15, 0.2) is 0 Å². The van der Waals surface area contributed by atoms with Gasteiger partial charge < -0.3 is 28.4 Å². The van der Waals surface area contributed by atoms with Crippen LogP contribution in [0, 0.1) is 0 Å². The predicted molar refractivity (Wildman–Crippen MR) is 629 cm³/mol. The SMILES string of the molecule is CC1(C)c2ccccc2-c2ccc(N(c3ccc(-c4ccccc4)cc3)c3ccc(-c4cc5c(c6ccccc46)c4ccccc4n5-c4ccccc4)cc3)cc21.c1ccc(N(c2ccc(-c3ccc4sc5ccccc5c4c3)cc2)c2ccc3c(c2)c2ccccc2n3-c2ccccc2)cc1.c1ccc(N(c2ccc(-c3cccc4c3sc3ccccc34)cc2)c2ccc3c(c2)c2ccccc2n3-c2ccccc2)cc1. The molecule has 28 aromatic rings. The van der Waals surface area contributed by atoms with Crippen LogP contribution in [0.15, 0.2) is 546 Å². The Morgan fingerprint density at radius 2 is 0.503 bits per heavy atom. The number of hydrogen-bond acceptors (Lipinski definition) is 5. The quantitative estimate of drug-likeness (QED) is 0.0964. The third-order valence-electron chi connectivity index (χ3n) is 29.8. The van der Waals surface area contributed by atoms with Gasteiger partial charge in [-0.05, 0) is 284 Å². The van der Waals surface area contributed by atoms with Gasteiger partial charge in [0.05, 0.1) is 33.1 Å². The summed E-state index contributed by atoms with van der Waals surface area (Å²) in [7, 11) is 0. The number of fused-ring (bicyclic) bond motifs is 20. The van der Waals surface area contributed by atoms with Crippen molar-refractivity contribution in [3.63, 3.8) is 0 Å². The Balaban J connectivity index is 0.000000110. The summed E-state index contributed by atoms with van der Waals surface area (Å²) in [6.07, 6.45) is 0. The van der Waals surface area contributed by atoms with Crippen LogP contribution >= 0.6 is 22.7 Å². The van der Waals surface area contributed by atoms with Crippen molar-refractivity contribution in [2.24, 2.45) is 0 Å². The van der Waals surface area contributed by atoms with Crippen LogP contribution in [-0.4, -0.2) is 13.7 Å². The number of anilines is 9. The van der Waals surface area contributed by atoms with Crippen LogP contribution < -0.4 is 14.7 Å². The highest BCUT2D eigenvalue weighted by Gasteiger charge is 2.36. The van der Waals surface area contributed by atoms with Gasteiger partial charge in [0.2, 0.25) is 0 Å². The van der Waals surface area contributed by atoms with E-state index in [9.17, 15) is 0 Å². The zero-order chi connectivity index (χ0) is 97.6. The van der Waals surface area contributed by atoms with Crippen LogP contribution in [0.25, 0.3) is 189 Å². The number of rotatable bonds is 16. The van der Waals surface area contributed by atoms with Crippen LogP contribution in [0.2, 0.25) is 0 Å². The Morgan fingerprint density at radius 1 is 0.170 bits per heavy atom. The second-order valence-corrected chi connectivity index (χ2v) is 40.7. The van der Waals surface area contributed by atoms with Gasteiger partial charge in [-0.25, -0.2) is 0 Å². The minimum absolute atomic E-state index is 0.101. The van der Waals surface area contributed by atoms with E-state index in [1.807, 2.05) is 22.7 Å². The largest absolute Gasteiger partial charge is 0.310 e. The van der Waals surface area contributed by atoms with Crippen molar-refractivity contribution in [1.82, 2.24) is 13.7 Å². The zero-order valence-corrected chi connectivity index (χ0v) is 82.6. The molecule has 0 aliphatic heterocycles. The molecule has 0 amide bonds. The molecule has 147 heavy (non-hydrogen) atoms. The van der Waals surface area contributed by atoms with Crippen molar-refractivity contribution in [2.45, 2.75) is 19.3 Å². The Kier molecular flexibility index (Phi) is 21.9. The second kappa shape index (κ2) is 36.8. The molecule has 0 radical (unpaired) electrons. The summed E-state index contributed by atoms with van der Waals surface area (Å²) in [6.45, 7) is 4.71. The molecule has 29 rings (SSSR count). The van der Waals surface area contributed by atoms with Crippen molar-refractivity contribution in [1.29, 1.82) is 0 Å². The molecule has 0 fully saturated rings. The lowest BCUT2D eigenvalue weighted by Gasteiger charge is -2.28. The van der Waals surface area contributed by atoms with Crippen molar-refractivity contribution < 1.29 is 0 Å². The van der Waals surface area contributed by atoms with Gasteiger partial charge in [-0.2, -0.15) is 0 Å². The zero-order valence-electron chi connectivity index (χ0n) is 81.0. The molecule has 0 bridgehead atoms. The smallest absolute Gasteiger partial charge is 0.0553 e. The molecule has 694 valence electrons. The lowest BCUT2D eigenvalue weighted by molar-refractivity contribution is 0.660. The minimum atomic E-state index is -0.101. The maximum absolute atomic E-state index is 2.42. The molecule has 0 saturated heterocycles. The Hall–Kier alpha value is -18.4. The summed E-state index contributed by atoms with van der Waals surface area (Å²) < 4.78 is 12.5. The monoisotopic (exact) mass is 1910 g/mol. The standard InChI is InChI=1S/C55H40N2.2C42H28N2S/c1-55(2)50-23-13-11-20-45(50)46-34-33-43(35-51(46)55)56(41-29-25-38(26-30-41)37-15-5-3-6-16-37)42-31-27-39(28-32-42)49-36-53-54(47-21-10-9-19-44(47)49)48-22-12-14-24-52(48)57(53)40-17-7-4-8-18-40;1-3-12-30(13-4-1)43(32-24-22-29(23-25-32)34-18-11-19-37-36-17-8-10-21-41(36)45-42(34)37)33-26-27-40-38(28-33)35-16-7-9-20-39(35)44(40)31-14-5-2-6-15-31;1-3-11-31(12-4-1)43(33-22-19-29(20-23-33)30-21-26-42-38(27-30)36-16-8-10-18-41(36)45-42)34-24-25-40-37(28-34)35-15-7-9-17-39(35)44(40)32-13-5-2-6-14-32/h3-36H,1-2H3;2*1-28H. The molecule has 1 aliphatic carbocycles. The number of thiophene rings is 2. The first kappa shape index (κ1) is 87.6. The Morgan fingerprint density at radius 3 is 1.03 bits per heavy atom. The summed E-state index contributed by atoms with van der Waals surface area (Å²) in [5.74, 6) is 0. The van der Waals surface area contributed by atoms with Gasteiger partial charge in [0.1, 0.15) is 0 Å². The Labute approximate surface area is 861 Å². The molecule has 0 N–H and O–H groups in total. The second-order valence-electron chi connectivity index (χ2n) is 38.6. The highest BCUT2D eigenvalue weighted by Crippen LogP contribution is 2.54. The topological polar surface area (TPSA) is 24.5 Å². The summed E-state index contributed by atoms with van der Waals surface area (Å²) in [5, 5.41) is 15.4. The van der Waals surface area contributed by atoms with Gasteiger partial charge >= 0.3 is 0 Å². The maximum atomic E-state index is 2.42. The highest BCUT2D eigenvalue weighted by molar-refractivity contribution is 7.26. The Bertz CT molecular complexity index is 9850. The van der Waals surface area contributed by atoms with E-state index in [-0.39, 0.29) is 5.41 Å². The van der Waals surface area contributed by atoms with E-state index in [1.165, 1.54) is 195 Å². The summed E-state index contributed by atoms with van der Waals surface area (Å²) in [6, 6.07) is 198. The van der Waals surface area contributed by atoms with Crippen LogP contribution in [0.1, 0.15) is 25.0 Å². The fourth-order valence-corrected chi connectivity index (χ4v) is 25.2. The molecule has 0 spiro atoms. The number of benzene rings is 23. The molecule has 23 aromatic carbocycles. The first-order valence-electron chi connectivity index (χ1n) is 50.4. The van der Waals surface area contributed by atoms with Gasteiger partial charge in [-0.3, -0.25) is 0 Å². The summed E-state index contributed by atoms with van der Waals surface area (Å²) in [4.78, 5) is 7.12. The van der Waals surface area contributed by atoms with E-state index in [0.717, 1.165) is 56.9 Å². The van der Waals surface area contributed by atoms with E-state index < -0.39 is 0 Å². The van der Waals surface area contributed by atoms with Crippen LogP contribution in [0.3, 0.4) is 0 Å². The summed E-state index contributed by atoms with van der Waals surface area (Å²) in [5.41, 5.74) is 36.0. The molecule has 5 aromatic heterocycles. The van der Waals surface area contributed by atoms with E-state index in [2.05, 4.69) is 588 Å². The van der Waals surface area contributed by atoms with E-state index in [4.69, 9.17) is 0 Å². The maximum Gasteiger partial charge on any atom is 0.0553 e. The average molecular weight is 1910 g/mol. The highest BCUT2D eigenvalue weighted by atomic mass is 32.1. The molecule has 8 heteroatoms.